The van der Waals surface area contributed by atoms with Gasteiger partial charge in [-0.05, 0) is 50.9 Å². The molecule has 2 saturated carbocycles. The highest BCUT2D eigenvalue weighted by molar-refractivity contribution is 5.10. The zero-order valence-electron chi connectivity index (χ0n) is 7.84. The molecule has 0 aromatic heterocycles. The van der Waals surface area contributed by atoms with Gasteiger partial charge in [-0.3, -0.25) is 0 Å². The molecule has 2 aliphatic rings. The zero-order valence-corrected chi connectivity index (χ0v) is 7.84. The second kappa shape index (κ2) is 2.59. The standard InChI is InChI=1S/C11H18O/c1-8(2)7-11(12,9-3-4-9)10-5-6-10/h9-10,12H,1,3-7H2,2H3. The maximum absolute atomic E-state index is 10.4. The highest BCUT2D eigenvalue weighted by Gasteiger charge is 2.52. The summed E-state index contributed by atoms with van der Waals surface area (Å²) in [4.78, 5) is 0. The molecule has 0 unspecified atom stereocenters. The lowest BCUT2D eigenvalue weighted by Crippen LogP contribution is -2.34. The third-order valence-corrected chi connectivity index (χ3v) is 3.15. The SMILES string of the molecule is C=C(C)CC(O)(C1CC1)C1CC1. The lowest BCUT2D eigenvalue weighted by Gasteiger charge is -2.28. The Balaban J connectivity index is 2.03. The van der Waals surface area contributed by atoms with Crippen molar-refractivity contribution < 1.29 is 5.11 Å². The van der Waals surface area contributed by atoms with Crippen LogP contribution in [0, 0.1) is 11.8 Å². The molecule has 0 atom stereocenters. The molecule has 2 aliphatic carbocycles. The molecule has 0 aliphatic heterocycles. The maximum atomic E-state index is 10.4. The summed E-state index contributed by atoms with van der Waals surface area (Å²) in [6.07, 6.45) is 5.78. The molecule has 1 N–H and O–H groups in total. The Hall–Kier alpha value is -0.300. The lowest BCUT2D eigenvalue weighted by atomic mass is 9.86. The van der Waals surface area contributed by atoms with Gasteiger partial charge in [-0.2, -0.15) is 0 Å². The minimum atomic E-state index is -0.355. The van der Waals surface area contributed by atoms with E-state index >= 15 is 0 Å². The van der Waals surface area contributed by atoms with Gasteiger partial charge in [0.05, 0.1) is 5.60 Å². The van der Waals surface area contributed by atoms with E-state index in [1.165, 1.54) is 25.7 Å². The Morgan fingerprint density at radius 1 is 1.33 bits per heavy atom. The summed E-state index contributed by atoms with van der Waals surface area (Å²) in [6.45, 7) is 5.92. The third kappa shape index (κ3) is 1.42. The van der Waals surface area contributed by atoms with Gasteiger partial charge in [0.15, 0.2) is 0 Å². The summed E-state index contributed by atoms with van der Waals surface area (Å²) in [7, 11) is 0. The van der Waals surface area contributed by atoms with Crippen LogP contribution in [0.5, 0.6) is 0 Å². The van der Waals surface area contributed by atoms with Crippen molar-refractivity contribution in [3.05, 3.63) is 12.2 Å². The third-order valence-electron chi connectivity index (χ3n) is 3.15. The van der Waals surface area contributed by atoms with Crippen LogP contribution in [0.1, 0.15) is 39.0 Å². The van der Waals surface area contributed by atoms with Crippen molar-refractivity contribution in [2.45, 2.75) is 44.6 Å². The molecule has 0 spiro atoms. The highest BCUT2D eigenvalue weighted by atomic mass is 16.3. The monoisotopic (exact) mass is 166 g/mol. The second-order valence-electron chi connectivity index (χ2n) is 4.67. The fraction of sp³-hybridized carbons (Fsp3) is 0.818. The van der Waals surface area contributed by atoms with E-state index in [-0.39, 0.29) is 5.60 Å². The fourth-order valence-electron chi connectivity index (χ4n) is 2.27. The van der Waals surface area contributed by atoms with Crippen LogP contribution in [0.15, 0.2) is 12.2 Å². The topological polar surface area (TPSA) is 20.2 Å². The molecule has 1 nitrogen and oxygen atoms in total. The number of hydrogen-bond donors (Lipinski definition) is 1. The molecule has 2 fully saturated rings. The van der Waals surface area contributed by atoms with Crippen LogP contribution in [-0.4, -0.2) is 10.7 Å². The van der Waals surface area contributed by atoms with Crippen molar-refractivity contribution >= 4 is 0 Å². The van der Waals surface area contributed by atoms with Gasteiger partial charge in [0.25, 0.3) is 0 Å². The maximum Gasteiger partial charge on any atom is 0.0740 e. The Morgan fingerprint density at radius 3 is 2.00 bits per heavy atom. The summed E-state index contributed by atoms with van der Waals surface area (Å²) >= 11 is 0. The van der Waals surface area contributed by atoms with Crippen LogP contribution in [0.25, 0.3) is 0 Å². The number of hydrogen-bond acceptors (Lipinski definition) is 1. The first-order valence-corrected chi connectivity index (χ1v) is 4.99. The van der Waals surface area contributed by atoms with E-state index in [0.29, 0.717) is 11.8 Å². The Labute approximate surface area is 74.5 Å². The summed E-state index contributed by atoms with van der Waals surface area (Å²) in [5.41, 5.74) is 0.780. The summed E-state index contributed by atoms with van der Waals surface area (Å²) in [5.74, 6) is 1.20. The Morgan fingerprint density at radius 2 is 1.75 bits per heavy atom. The molecule has 0 aromatic rings. The number of rotatable bonds is 4. The van der Waals surface area contributed by atoms with Crippen LogP contribution in [-0.2, 0) is 0 Å². The van der Waals surface area contributed by atoms with Crippen molar-refractivity contribution in [3.63, 3.8) is 0 Å². The fourth-order valence-corrected chi connectivity index (χ4v) is 2.27. The number of aliphatic hydroxyl groups is 1. The van der Waals surface area contributed by atoms with E-state index in [0.717, 1.165) is 12.0 Å². The van der Waals surface area contributed by atoms with Gasteiger partial charge >= 0.3 is 0 Å². The Kier molecular flexibility index (Phi) is 1.80. The van der Waals surface area contributed by atoms with Crippen molar-refractivity contribution in [2.75, 3.05) is 0 Å². The van der Waals surface area contributed by atoms with Gasteiger partial charge in [-0.15, -0.1) is 6.58 Å². The molecule has 0 amide bonds. The predicted octanol–water partition coefficient (Wildman–Crippen LogP) is 2.50. The van der Waals surface area contributed by atoms with E-state index in [9.17, 15) is 5.11 Å². The van der Waals surface area contributed by atoms with Crippen LogP contribution in [0.4, 0.5) is 0 Å². The van der Waals surface area contributed by atoms with Crippen LogP contribution in [0.3, 0.4) is 0 Å². The summed E-state index contributed by atoms with van der Waals surface area (Å²) < 4.78 is 0. The summed E-state index contributed by atoms with van der Waals surface area (Å²) in [6, 6.07) is 0. The molecular weight excluding hydrogens is 148 g/mol. The largest absolute Gasteiger partial charge is 0.389 e. The van der Waals surface area contributed by atoms with Crippen LogP contribution in [0.2, 0.25) is 0 Å². The average Bonchev–Trinajstić information content (AvgIpc) is 2.82. The molecule has 0 saturated heterocycles. The van der Waals surface area contributed by atoms with Crippen molar-refractivity contribution in [3.8, 4) is 0 Å². The lowest BCUT2D eigenvalue weighted by molar-refractivity contribution is -0.00432. The minimum Gasteiger partial charge on any atom is -0.389 e. The van der Waals surface area contributed by atoms with Crippen molar-refractivity contribution in [1.82, 2.24) is 0 Å². The van der Waals surface area contributed by atoms with E-state index in [2.05, 4.69) is 6.58 Å². The normalized spacial score (nSPS) is 24.2. The highest BCUT2D eigenvalue weighted by Crippen LogP contribution is 2.54. The predicted molar refractivity (Wildman–Crippen MR) is 49.8 cm³/mol. The molecular formula is C11H18O. The molecule has 1 heteroatoms. The average molecular weight is 166 g/mol. The Bertz CT molecular complexity index is 187. The first-order chi connectivity index (χ1) is 5.63. The van der Waals surface area contributed by atoms with E-state index in [1.54, 1.807) is 0 Å². The van der Waals surface area contributed by atoms with Crippen molar-refractivity contribution in [2.24, 2.45) is 11.8 Å². The molecule has 0 bridgehead atoms. The molecule has 0 radical (unpaired) electrons. The van der Waals surface area contributed by atoms with Gasteiger partial charge in [0.1, 0.15) is 0 Å². The van der Waals surface area contributed by atoms with Gasteiger partial charge in [0, 0.05) is 0 Å². The van der Waals surface area contributed by atoms with Gasteiger partial charge in [-0.25, -0.2) is 0 Å². The first kappa shape index (κ1) is 8.31. The molecule has 68 valence electrons. The first-order valence-electron chi connectivity index (χ1n) is 4.99. The molecule has 0 aromatic carbocycles. The van der Waals surface area contributed by atoms with Crippen LogP contribution < -0.4 is 0 Å². The minimum absolute atomic E-state index is 0.355. The molecule has 0 heterocycles. The smallest absolute Gasteiger partial charge is 0.0740 e. The second-order valence-corrected chi connectivity index (χ2v) is 4.67. The quantitative estimate of drug-likeness (QED) is 0.636. The zero-order chi connectivity index (χ0) is 8.77. The summed E-state index contributed by atoms with van der Waals surface area (Å²) in [5, 5.41) is 10.4. The van der Waals surface area contributed by atoms with Gasteiger partial charge < -0.3 is 5.11 Å². The molecule has 2 rings (SSSR count). The van der Waals surface area contributed by atoms with E-state index in [1.807, 2.05) is 6.92 Å². The van der Waals surface area contributed by atoms with E-state index < -0.39 is 0 Å². The van der Waals surface area contributed by atoms with Gasteiger partial charge in [0.2, 0.25) is 0 Å². The van der Waals surface area contributed by atoms with E-state index in [4.69, 9.17) is 0 Å². The van der Waals surface area contributed by atoms with Crippen LogP contribution >= 0.6 is 0 Å². The molecule has 12 heavy (non-hydrogen) atoms. The van der Waals surface area contributed by atoms with Crippen molar-refractivity contribution in [1.29, 1.82) is 0 Å². The van der Waals surface area contributed by atoms with Gasteiger partial charge in [-0.1, -0.05) is 5.57 Å².